The van der Waals surface area contributed by atoms with Crippen molar-refractivity contribution in [3.63, 3.8) is 0 Å². The van der Waals surface area contributed by atoms with Gasteiger partial charge in [0.25, 0.3) is 0 Å². The van der Waals surface area contributed by atoms with Gasteiger partial charge in [-0.3, -0.25) is 0 Å². The molecule has 146 valence electrons. The van der Waals surface area contributed by atoms with Crippen LogP contribution in [0.15, 0.2) is 61.2 Å². The zero-order chi connectivity index (χ0) is 18.9. The molecule has 5 heteroatoms. The van der Waals surface area contributed by atoms with Gasteiger partial charge in [-0.25, -0.2) is 0 Å². The molecule has 2 aromatic carbocycles. The second-order valence-electron chi connectivity index (χ2n) is 7.33. The highest BCUT2D eigenvalue weighted by Gasteiger charge is 2.52. The van der Waals surface area contributed by atoms with E-state index >= 15 is 0 Å². The molecule has 2 saturated heterocycles. The van der Waals surface area contributed by atoms with Gasteiger partial charge < -0.3 is 23.7 Å². The minimum atomic E-state index is -0.435. The van der Waals surface area contributed by atoms with Crippen molar-refractivity contribution in [2.75, 3.05) is 13.2 Å². The zero-order valence-electron chi connectivity index (χ0n) is 15.7. The summed E-state index contributed by atoms with van der Waals surface area (Å²) in [4.78, 5) is 0. The highest BCUT2D eigenvalue weighted by atomic mass is 16.8. The van der Waals surface area contributed by atoms with Gasteiger partial charge in [0.2, 0.25) is 0 Å². The quantitative estimate of drug-likeness (QED) is 0.763. The van der Waals surface area contributed by atoms with Gasteiger partial charge in [-0.2, -0.15) is 0 Å². The summed E-state index contributed by atoms with van der Waals surface area (Å²) in [6.45, 7) is 5.61. The summed E-state index contributed by atoms with van der Waals surface area (Å²) in [6.07, 6.45) is 0.247. The second kappa shape index (κ2) is 7.78. The minimum Gasteiger partial charge on any atom is -0.368 e. The Labute approximate surface area is 164 Å². The van der Waals surface area contributed by atoms with Gasteiger partial charge in [0.15, 0.2) is 6.29 Å². The predicted molar refractivity (Wildman–Crippen MR) is 104 cm³/mol. The molecular formula is C23H24O5. The van der Waals surface area contributed by atoms with Crippen LogP contribution in [0.3, 0.4) is 0 Å². The lowest BCUT2D eigenvalue weighted by Crippen LogP contribution is -2.56. The molecule has 0 radical (unpaired) electrons. The Hall–Kier alpha value is -2.02. The molecule has 0 aliphatic carbocycles. The summed E-state index contributed by atoms with van der Waals surface area (Å²) < 4.78 is 30.7. The van der Waals surface area contributed by atoms with Crippen LogP contribution in [0.5, 0.6) is 0 Å². The van der Waals surface area contributed by atoms with Gasteiger partial charge in [-0.1, -0.05) is 54.6 Å². The molecule has 3 heterocycles. The van der Waals surface area contributed by atoms with Gasteiger partial charge in [0, 0.05) is 0 Å². The van der Waals surface area contributed by atoms with Crippen molar-refractivity contribution in [2.24, 2.45) is 0 Å². The second-order valence-corrected chi connectivity index (χ2v) is 7.33. The number of fused-ring (bicyclic) bond motifs is 9. The lowest BCUT2D eigenvalue weighted by atomic mass is 9.96. The van der Waals surface area contributed by atoms with Gasteiger partial charge in [-0.05, 0) is 22.3 Å². The minimum absolute atomic E-state index is 0.157. The monoisotopic (exact) mass is 380 g/mol. The first-order valence-electron chi connectivity index (χ1n) is 9.74. The fraction of sp³-hybridized carbons (Fsp3) is 0.391. The standard InChI is InChI=1S/C23H24O5/c1-2-11-24-21-20-19-14-27-23(28-19)22(21)26-13-16-8-4-6-10-18(16)17-9-5-3-7-15(17)12-25-20/h2-10,19-23H,1,11-14H2/t19-,20-,21+,22-,23-/m1/s1. The Bertz CT molecular complexity index is 787. The first kappa shape index (κ1) is 18.0. The van der Waals surface area contributed by atoms with Crippen LogP contribution in [0.25, 0.3) is 11.1 Å². The molecule has 0 saturated carbocycles. The Morgan fingerprint density at radius 1 is 0.893 bits per heavy atom. The van der Waals surface area contributed by atoms with E-state index in [1.807, 2.05) is 12.1 Å². The van der Waals surface area contributed by atoms with E-state index < -0.39 is 6.29 Å². The van der Waals surface area contributed by atoms with Crippen molar-refractivity contribution in [3.8, 4) is 11.1 Å². The zero-order valence-corrected chi connectivity index (χ0v) is 15.7. The first-order valence-corrected chi connectivity index (χ1v) is 9.74. The van der Waals surface area contributed by atoms with Crippen molar-refractivity contribution in [2.45, 2.75) is 43.9 Å². The van der Waals surface area contributed by atoms with Gasteiger partial charge >= 0.3 is 0 Å². The topological polar surface area (TPSA) is 46.2 Å². The molecule has 0 unspecified atom stereocenters. The Balaban J connectivity index is 1.57. The van der Waals surface area contributed by atoms with E-state index in [2.05, 4.69) is 43.0 Å². The summed E-state index contributed by atoms with van der Waals surface area (Å²) in [5, 5.41) is 0. The third kappa shape index (κ3) is 3.19. The summed E-state index contributed by atoms with van der Waals surface area (Å²) >= 11 is 0. The molecule has 2 fully saturated rings. The van der Waals surface area contributed by atoms with E-state index in [4.69, 9.17) is 23.7 Å². The summed E-state index contributed by atoms with van der Waals surface area (Å²) in [5.74, 6) is 0. The van der Waals surface area contributed by atoms with Crippen LogP contribution in [-0.4, -0.2) is 43.9 Å². The normalized spacial score (nSPS) is 31.4. The number of benzene rings is 2. The Kier molecular flexibility index (Phi) is 5.01. The maximum absolute atomic E-state index is 6.38. The molecule has 3 aliphatic heterocycles. The van der Waals surface area contributed by atoms with E-state index in [1.165, 1.54) is 5.56 Å². The van der Waals surface area contributed by atoms with Crippen molar-refractivity contribution >= 4 is 0 Å². The Morgan fingerprint density at radius 3 is 2.21 bits per heavy atom. The number of ether oxygens (including phenoxy) is 5. The fourth-order valence-corrected chi connectivity index (χ4v) is 4.27. The Morgan fingerprint density at radius 2 is 1.54 bits per heavy atom. The van der Waals surface area contributed by atoms with E-state index in [1.54, 1.807) is 6.08 Å². The van der Waals surface area contributed by atoms with Crippen LogP contribution in [-0.2, 0) is 36.9 Å². The van der Waals surface area contributed by atoms with Crippen LogP contribution < -0.4 is 0 Å². The third-order valence-electron chi connectivity index (χ3n) is 5.61. The van der Waals surface area contributed by atoms with Gasteiger partial charge in [0.05, 0.1) is 26.4 Å². The highest BCUT2D eigenvalue weighted by molar-refractivity contribution is 5.70. The molecule has 5 atom stereocenters. The van der Waals surface area contributed by atoms with Gasteiger partial charge in [0.1, 0.15) is 24.4 Å². The first-order chi connectivity index (χ1) is 13.8. The molecular weight excluding hydrogens is 356 g/mol. The molecule has 0 spiro atoms. The van der Waals surface area contributed by atoms with Crippen LogP contribution in [0.2, 0.25) is 0 Å². The number of hydrogen-bond acceptors (Lipinski definition) is 5. The van der Waals surface area contributed by atoms with E-state index in [-0.39, 0.29) is 24.4 Å². The fourth-order valence-electron chi connectivity index (χ4n) is 4.27. The maximum atomic E-state index is 6.38. The molecule has 5 nitrogen and oxygen atoms in total. The molecule has 3 aliphatic rings. The molecule has 5 rings (SSSR count). The SMILES string of the molecule is C=CCO[C@@H]1[C@H]2OCc3ccccc3-c3ccccc3CO[C@@H]1[C@H]1CO[C@@H]2O1. The molecule has 4 bridgehead atoms. The average molecular weight is 380 g/mol. The van der Waals surface area contributed by atoms with Crippen molar-refractivity contribution in [1.29, 1.82) is 0 Å². The average Bonchev–Trinajstić information content (AvgIpc) is 3.16. The number of hydrogen-bond donors (Lipinski definition) is 0. The maximum Gasteiger partial charge on any atom is 0.187 e. The smallest absolute Gasteiger partial charge is 0.187 e. The highest BCUT2D eigenvalue weighted by Crippen LogP contribution is 2.37. The van der Waals surface area contributed by atoms with Crippen molar-refractivity contribution in [3.05, 3.63) is 72.3 Å². The van der Waals surface area contributed by atoms with Crippen LogP contribution in [0.4, 0.5) is 0 Å². The third-order valence-corrected chi connectivity index (χ3v) is 5.61. The molecule has 0 aromatic heterocycles. The van der Waals surface area contributed by atoms with Crippen LogP contribution >= 0.6 is 0 Å². The van der Waals surface area contributed by atoms with E-state index in [0.717, 1.165) is 16.7 Å². The van der Waals surface area contributed by atoms with E-state index in [0.29, 0.717) is 26.4 Å². The largest absolute Gasteiger partial charge is 0.368 e. The van der Waals surface area contributed by atoms with Crippen LogP contribution in [0, 0.1) is 0 Å². The predicted octanol–water partition coefficient (Wildman–Crippen LogP) is 3.46. The molecule has 0 N–H and O–H groups in total. The summed E-state index contributed by atoms with van der Waals surface area (Å²) in [6, 6.07) is 16.7. The summed E-state index contributed by atoms with van der Waals surface area (Å²) in [7, 11) is 0. The lowest BCUT2D eigenvalue weighted by molar-refractivity contribution is -0.264. The van der Waals surface area contributed by atoms with E-state index in [9.17, 15) is 0 Å². The number of rotatable bonds is 3. The molecule has 28 heavy (non-hydrogen) atoms. The van der Waals surface area contributed by atoms with Crippen molar-refractivity contribution < 1.29 is 23.7 Å². The lowest BCUT2D eigenvalue weighted by Gasteiger charge is -2.40. The van der Waals surface area contributed by atoms with Crippen molar-refractivity contribution in [1.82, 2.24) is 0 Å². The van der Waals surface area contributed by atoms with Crippen LogP contribution in [0.1, 0.15) is 11.1 Å². The van der Waals surface area contributed by atoms with Gasteiger partial charge in [-0.15, -0.1) is 6.58 Å². The molecule has 2 aromatic rings. The summed E-state index contributed by atoms with van der Waals surface area (Å²) in [5.41, 5.74) is 4.59. The molecule has 0 amide bonds.